The maximum atomic E-state index is 4.43. The topological polar surface area (TPSA) is 96.5 Å². The van der Waals surface area contributed by atoms with Gasteiger partial charge < -0.3 is 0 Å². The first-order valence-electron chi connectivity index (χ1n) is 7.88. The molecule has 0 bridgehead atoms. The van der Waals surface area contributed by atoms with Crippen LogP contribution >= 0.6 is 11.5 Å². The van der Waals surface area contributed by atoms with Crippen molar-refractivity contribution in [3.8, 4) is 11.4 Å². The van der Waals surface area contributed by atoms with Gasteiger partial charge in [-0.15, -0.1) is 15.3 Å². The molecule has 0 aliphatic rings. The summed E-state index contributed by atoms with van der Waals surface area (Å²) in [6.07, 6.45) is 0. The molecule has 3 heterocycles. The molecule has 1 N–H and O–H groups in total. The van der Waals surface area contributed by atoms with E-state index in [9.17, 15) is 0 Å². The molecule has 0 spiro atoms. The number of hydrogen-bond donors (Lipinski definition) is 1. The van der Waals surface area contributed by atoms with Gasteiger partial charge in [-0.1, -0.05) is 44.2 Å². The Labute approximate surface area is 147 Å². The minimum Gasteiger partial charge on any atom is -0.278 e. The van der Waals surface area contributed by atoms with Crippen LogP contribution in [0.5, 0.6) is 0 Å². The number of benzene rings is 1. The number of nitrogens with zero attached hydrogens (tertiary/aromatic N) is 7. The van der Waals surface area contributed by atoms with E-state index in [2.05, 4.69) is 48.6 Å². The first-order valence-corrected chi connectivity index (χ1v) is 8.65. The van der Waals surface area contributed by atoms with Gasteiger partial charge in [0.1, 0.15) is 5.82 Å². The highest BCUT2D eigenvalue weighted by molar-refractivity contribution is 7.09. The number of H-pyrrole nitrogens is 1. The molecule has 25 heavy (non-hydrogen) atoms. The quantitative estimate of drug-likeness (QED) is 0.550. The van der Waals surface area contributed by atoms with Crippen LogP contribution in [-0.2, 0) is 0 Å². The van der Waals surface area contributed by atoms with Crippen LogP contribution in [0.15, 0.2) is 40.6 Å². The van der Waals surface area contributed by atoms with Crippen LogP contribution in [0.3, 0.4) is 0 Å². The predicted molar refractivity (Wildman–Crippen MR) is 95.7 cm³/mol. The Bertz CT molecular complexity index is 1040. The maximum absolute atomic E-state index is 4.43. The molecule has 0 unspecified atom stereocenters. The van der Waals surface area contributed by atoms with E-state index in [0.717, 1.165) is 11.3 Å². The molecule has 4 aromatic rings. The smallest absolute Gasteiger partial charge is 0.249 e. The Hall–Kier alpha value is -2.94. The van der Waals surface area contributed by atoms with Gasteiger partial charge in [-0.25, -0.2) is 4.98 Å². The third-order valence-electron chi connectivity index (χ3n) is 3.67. The lowest BCUT2D eigenvalue weighted by molar-refractivity contribution is 0.736. The fourth-order valence-electron chi connectivity index (χ4n) is 2.49. The van der Waals surface area contributed by atoms with Crippen molar-refractivity contribution in [3.05, 3.63) is 41.9 Å². The Morgan fingerprint density at radius 1 is 1.12 bits per heavy atom. The van der Waals surface area contributed by atoms with Crippen molar-refractivity contribution in [3.63, 3.8) is 0 Å². The molecule has 126 valence electrons. The standard InChI is InChI=1S/C16H16N8S/c1-9(2)12-13(15-17-10(3)21-24(15)22-12)19-20-16-18-14(23-25-16)11-7-5-4-6-8-11/h4-9,22H,1-3H3. The Morgan fingerprint density at radius 2 is 1.92 bits per heavy atom. The molecule has 0 saturated carbocycles. The lowest BCUT2D eigenvalue weighted by atomic mass is 10.1. The number of aromatic nitrogens is 6. The molecule has 0 saturated heterocycles. The first-order chi connectivity index (χ1) is 12.1. The number of nitrogens with one attached hydrogen (secondary N) is 1. The molecule has 0 aliphatic heterocycles. The fraction of sp³-hybridized carbons (Fsp3) is 0.250. The van der Waals surface area contributed by atoms with Crippen molar-refractivity contribution < 1.29 is 0 Å². The largest absolute Gasteiger partial charge is 0.278 e. The van der Waals surface area contributed by atoms with E-state index >= 15 is 0 Å². The molecule has 1 aromatic carbocycles. The van der Waals surface area contributed by atoms with Crippen molar-refractivity contribution in [2.45, 2.75) is 26.7 Å². The summed E-state index contributed by atoms with van der Waals surface area (Å²) < 4.78 is 5.98. The summed E-state index contributed by atoms with van der Waals surface area (Å²) in [5.74, 6) is 1.58. The average Bonchev–Trinajstić information content (AvgIpc) is 3.28. The van der Waals surface area contributed by atoms with E-state index in [0.29, 0.717) is 28.1 Å². The van der Waals surface area contributed by atoms with Gasteiger partial charge in [0.2, 0.25) is 10.8 Å². The van der Waals surface area contributed by atoms with Crippen LogP contribution in [0.2, 0.25) is 0 Å². The summed E-state index contributed by atoms with van der Waals surface area (Å²) in [6, 6.07) is 9.80. The number of aromatic amines is 1. The van der Waals surface area contributed by atoms with Gasteiger partial charge in [0.25, 0.3) is 0 Å². The third-order valence-corrected chi connectivity index (χ3v) is 4.27. The highest BCUT2D eigenvalue weighted by Crippen LogP contribution is 2.32. The van der Waals surface area contributed by atoms with Gasteiger partial charge >= 0.3 is 0 Å². The Balaban J connectivity index is 1.69. The van der Waals surface area contributed by atoms with Crippen molar-refractivity contribution in [1.29, 1.82) is 0 Å². The van der Waals surface area contributed by atoms with Crippen molar-refractivity contribution >= 4 is 28.0 Å². The van der Waals surface area contributed by atoms with Gasteiger partial charge in [-0.2, -0.15) is 14.0 Å². The lowest BCUT2D eigenvalue weighted by Crippen LogP contribution is -1.92. The molecule has 0 atom stereocenters. The van der Waals surface area contributed by atoms with E-state index in [1.165, 1.54) is 11.5 Å². The summed E-state index contributed by atoms with van der Waals surface area (Å²) in [7, 11) is 0. The summed E-state index contributed by atoms with van der Waals surface area (Å²) in [6.45, 7) is 6.00. The van der Waals surface area contributed by atoms with E-state index in [1.807, 2.05) is 37.3 Å². The van der Waals surface area contributed by atoms with Crippen molar-refractivity contribution in [2.24, 2.45) is 10.2 Å². The zero-order valence-electron chi connectivity index (χ0n) is 14.0. The molecule has 0 fully saturated rings. The number of aryl methyl sites for hydroxylation is 1. The minimum atomic E-state index is 0.243. The summed E-state index contributed by atoms with van der Waals surface area (Å²) in [5.41, 5.74) is 3.25. The van der Waals surface area contributed by atoms with Crippen LogP contribution in [-0.4, -0.2) is 29.2 Å². The Morgan fingerprint density at radius 3 is 2.68 bits per heavy atom. The molecule has 9 heteroatoms. The summed E-state index contributed by atoms with van der Waals surface area (Å²) >= 11 is 1.22. The van der Waals surface area contributed by atoms with Gasteiger partial charge in [-0.3, -0.25) is 5.10 Å². The number of azo groups is 1. The Kier molecular flexibility index (Phi) is 3.85. The zero-order valence-corrected chi connectivity index (χ0v) is 14.8. The monoisotopic (exact) mass is 352 g/mol. The normalized spacial score (nSPS) is 12.0. The van der Waals surface area contributed by atoms with Crippen LogP contribution in [0, 0.1) is 6.92 Å². The van der Waals surface area contributed by atoms with Crippen molar-refractivity contribution in [1.82, 2.24) is 29.2 Å². The summed E-state index contributed by atoms with van der Waals surface area (Å²) in [5, 5.41) is 16.7. The predicted octanol–water partition coefficient (Wildman–Crippen LogP) is 4.42. The van der Waals surface area contributed by atoms with Crippen LogP contribution < -0.4 is 0 Å². The second-order valence-corrected chi connectivity index (χ2v) is 6.62. The van der Waals surface area contributed by atoms with Crippen LogP contribution in [0.4, 0.5) is 10.8 Å². The van der Waals surface area contributed by atoms with E-state index in [1.54, 1.807) is 4.63 Å². The maximum Gasteiger partial charge on any atom is 0.249 e. The molecule has 4 rings (SSSR count). The average molecular weight is 352 g/mol. The molecule has 8 nitrogen and oxygen atoms in total. The number of hydrogen-bond acceptors (Lipinski definition) is 7. The van der Waals surface area contributed by atoms with Crippen LogP contribution in [0.1, 0.15) is 31.3 Å². The first kappa shape index (κ1) is 15.6. The molecule has 0 radical (unpaired) electrons. The summed E-state index contributed by atoms with van der Waals surface area (Å²) in [4.78, 5) is 8.85. The molecular weight excluding hydrogens is 336 g/mol. The molecule has 0 aliphatic carbocycles. The molecular formula is C16H16N8S. The zero-order chi connectivity index (χ0) is 17.4. The third kappa shape index (κ3) is 2.93. The fourth-order valence-corrected chi connectivity index (χ4v) is 3.01. The number of rotatable bonds is 4. The van der Waals surface area contributed by atoms with E-state index in [4.69, 9.17) is 0 Å². The lowest BCUT2D eigenvalue weighted by Gasteiger charge is -2.00. The molecule has 3 aromatic heterocycles. The second-order valence-electron chi connectivity index (χ2n) is 5.89. The second kappa shape index (κ2) is 6.17. The SMILES string of the molecule is Cc1nc2c(N=Nc3nc(-c4ccccc4)ns3)c(C(C)C)[nH]n2n1. The minimum absolute atomic E-state index is 0.243. The van der Waals surface area contributed by atoms with Gasteiger partial charge in [-0.05, 0) is 12.8 Å². The van der Waals surface area contributed by atoms with E-state index < -0.39 is 0 Å². The van der Waals surface area contributed by atoms with Gasteiger partial charge in [0.15, 0.2) is 11.5 Å². The highest BCUT2D eigenvalue weighted by Gasteiger charge is 2.17. The van der Waals surface area contributed by atoms with Gasteiger partial charge in [0.05, 0.1) is 5.69 Å². The van der Waals surface area contributed by atoms with Gasteiger partial charge in [0, 0.05) is 17.1 Å². The highest BCUT2D eigenvalue weighted by atomic mass is 32.1. The van der Waals surface area contributed by atoms with E-state index in [-0.39, 0.29) is 5.92 Å². The number of fused-ring (bicyclic) bond motifs is 1. The molecule has 0 amide bonds. The van der Waals surface area contributed by atoms with Crippen LogP contribution in [0.25, 0.3) is 17.0 Å². The van der Waals surface area contributed by atoms with Crippen molar-refractivity contribution in [2.75, 3.05) is 0 Å².